The van der Waals surface area contributed by atoms with Crippen molar-refractivity contribution in [3.8, 4) is 11.3 Å². The molecule has 3 atom stereocenters. The average molecular weight is 549 g/mol. The number of benzene rings is 1. The molecule has 4 N–H and O–H groups in total. The summed E-state index contributed by atoms with van der Waals surface area (Å²) in [5.74, 6) is -0.626. The highest BCUT2D eigenvalue weighted by molar-refractivity contribution is 5.74. The van der Waals surface area contributed by atoms with Crippen LogP contribution in [0.25, 0.3) is 16.8 Å². The van der Waals surface area contributed by atoms with Gasteiger partial charge in [0, 0.05) is 25.3 Å². The van der Waals surface area contributed by atoms with E-state index in [1.807, 2.05) is 13.0 Å². The van der Waals surface area contributed by atoms with Crippen LogP contribution in [0.1, 0.15) is 31.2 Å². The van der Waals surface area contributed by atoms with Gasteiger partial charge in [-0.05, 0) is 60.6 Å². The van der Waals surface area contributed by atoms with E-state index < -0.39 is 17.7 Å². The standard InChI is InChI=1S/C28H30F2N8O2/c1-15-13-37(14-21(31)26(15)35-28(39)40-2)24-7-8-32-12-23(24)34-27-33-11-18-5-6-22(36-38(18)27)25-19(29)9-17(10-20(25)30)16-3-4-16/h5-12,15-16,21,26H,3-4,13-14,31H2,1-2H3,(H,33,34)(H,35,39)/t15-,21+,26-/m0/s1. The molecule has 0 unspecified atom stereocenters. The number of hydrogen-bond donors (Lipinski definition) is 3. The number of nitrogens with zero attached hydrogens (tertiary/aromatic N) is 5. The second kappa shape index (κ2) is 10.3. The Hall–Kier alpha value is -4.32. The summed E-state index contributed by atoms with van der Waals surface area (Å²) in [6, 6.07) is 7.42. The van der Waals surface area contributed by atoms with Gasteiger partial charge in [0.1, 0.15) is 11.6 Å². The fraction of sp³-hybridized carbons (Fsp3) is 0.357. The van der Waals surface area contributed by atoms with Crippen molar-refractivity contribution in [2.75, 3.05) is 30.4 Å². The van der Waals surface area contributed by atoms with Crippen molar-refractivity contribution in [1.82, 2.24) is 24.9 Å². The second-order valence-electron chi connectivity index (χ2n) is 10.5. The molecule has 0 bridgehead atoms. The number of nitrogens with two attached hydrogens (primary N) is 1. The second-order valence-corrected chi connectivity index (χ2v) is 10.5. The quantitative estimate of drug-likeness (QED) is 0.328. The van der Waals surface area contributed by atoms with E-state index in [-0.39, 0.29) is 35.2 Å². The molecular formula is C28H30F2N8O2. The summed E-state index contributed by atoms with van der Waals surface area (Å²) >= 11 is 0. The van der Waals surface area contributed by atoms with Gasteiger partial charge in [-0.15, -0.1) is 0 Å². The molecule has 4 aromatic rings. The number of ether oxygens (including phenoxy) is 1. The largest absolute Gasteiger partial charge is 0.453 e. The van der Waals surface area contributed by atoms with Crippen molar-refractivity contribution in [2.24, 2.45) is 11.7 Å². The maximum absolute atomic E-state index is 15.0. The Labute approximate surface area is 229 Å². The lowest BCUT2D eigenvalue weighted by molar-refractivity contribution is 0.156. The number of methoxy groups -OCH3 is 1. The molecule has 1 amide bonds. The SMILES string of the molecule is COC(=O)N[C@@H]1[C@H](N)CN(c2ccncc2Nc2ncc3ccc(-c4c(F)cc(C5CC5)cc4F)nn23)C[C@@H]1C. The van der Waals surface area contributed by atoms with Crippen LogP contribution in [0.5, 0.6) is 0 Å². The number of imidazole rings is 1. The fourth-order valence-corrected chi connectivity index (χ4v) is 5.44. The number of fused-ring (bicyclic) bond motifs is 1. The molecule has 40 heavy (non-hydrogen) atoms. The number of pyridine rings is 1. The van der Waals surface area contributed by atoms with Gasteiger partial charge in [-0.25, -0.2) is 18.6 Å². The van der Waals surface area contributed by atoms with E-state index in [2.05, 4.69) is 30.6 Å². The molecule has 3 aromatic heterocycles. The van der Waals surface area contributed by atoms with Crippen molar-refractivity contribution in [1.29, 1.82) is 0 Å². The Morgan fingerprint density at radius 2 is 1.90 bits per heavy atom. The van der Waals surface area contributed by atoms with Crippen LogP contribution < -0.4 is 21.3 Å². The number of halogens is 2. The van der Waals surface area contributed by atoms with Gasteiger partial charge in [0.2, 0.25) is 5.95 Å². The van der Waals surface area contributed by atoms with E-state index in [4.69, 9.17) is 10.5 Å². The highest BCUT2D eigenvalue weighted by Crippen LogP contribution is 2.42. The highest BCUT2D eigenvalue weighted by atomic mass is 19.1. The molecule has 1 aromatic carbocycles. The maximum Gasteiger partial charge on any atom is 0.407 e. The third-order valence-electron chi connectivity index (χ3n) is 7.62. The molecule has 2 aliphatic rings. The van der Waals surface area contributed by atoms with Crippen LogP contribution in [0.2, 0.25) is 0 Å². The van der Waals surface area contributed by atoms with Gasteiger partial charge in [0.15, 0.2) is 0 Å². The Morgan fingerprint density at radius 3 is 2.60 bits per heavy atom. The van der Waals surface area contributed by atoms with Gasteiger partial charge in [0.05, 0.1) is 53.7 Å². The number of alkyl carbamates (subject to hydrolysis) is 1. The number of rotatable bonds is 6. The molecule has 6 rings (SSSR count). The lowest BCUT2D eigenvalue weighted by Crippen LogP contribution is -2.62. The number of piperidine rings is 1. The number of carbonyl (C=O) groups is 1. The van der Waals surface area contributed by atoms with Crippen LogP contribution in [0.3, 0.4) is 0 Å². The van der Waals surface area contributed by atoms with Crippen molar-refractivity contribution >= 4 is 28.9 Å². The molecule has 10 nitrogen and oxygen atoms in total. The van der Waals surface area contributed by atoms with Crippen LogP contribution in [-0.2, 0) is 4.74 Å². The van der Waals surface area contributed by atoms with E-state index >= 15 is 8.78 Å². The van der Waals surface area contributed by atoms with Crippen molar-refractivity contribution in [3.63, 3.8) is 0 Å². The summed E-state index contributed by atoms with van der Waals surface area (Å²) in [5.41, 5.74) is 9.29. The highest BCUT2D eigenvalue weighted by Gasteiger charge is 2.34. The first-order valence-corrected chi connectivity index (χ1v) is 13.2. The topological polar surface area (TPSA) is 123 Å². The van der Waals surface area contributed by atoms with Crippen LogP contribution in [-0.4, -0.2) is 58.0 Å². The summed E-state index contributed by atoms with van der Waals surface area (Å²) in [6.07, 6.45) is 6.38. The predicted molar refractivity (Wildman–Crippen MR) is 147 cm³/mol. The Bertz CT molecular complexity index is 1540. The lowest BCUT2D eigenvalue weighted by Gasteiger charge is -2.42. The minimum Gasteiger partial charge on any atom is -0.453 e. The van der Waals surface area contributed by atoms with Gasteiger partial charge < -0.3 is 26.0 Å². The van der Waals surface area contributed by atoms with E-state index in [0.717, 1.165) is 18.5 Å². The van der Waals surface area contributed by atoms with E-state index in [0.29, 0.717) is 35.8 Å². The zero-order valence-corrected chi connectivity index (χ0v) is 22.1. The summed E-state index contributed by atoms with van der Waals surface area (Å²) in [4.78, 5) is 22.6. The number of amides is 1. The van der Waals surface area contributed by atoms with Crippen molar-refractivity contribution in [3.05, 3.63) is 66.1 Å². The van der Waals surface area contributed by atoms with Gasteiger partial charge in [0.25, 0.3) is 0 Å². The smallest absolute Gasteiger partial charge is 0.407 e. The molecule has 1 saturated carbocycles. The molecule has 2 fully saturated rings. The third-order valence-corrected chi connectivity index (χ3v) is 7.62. The molecule has 12 heteroatoms. The first-order valence-electron chi connectivity index (χ1n) is 13.2. The number of hydrogen-bond acceptors (Lipinski definition) is 8. The summed E-state index contributed by atoms with van der Waals surface area (Å²) in [5, 5.41) is 10.6. The lowest BCUT2D eigenvalue weighted by atomic mass is 9.90. The minimum absolute atomic E-state index is 0.0384. The van der Waals surface area contributed by atoms with E-state index in [9.17, 15) is 4.79 Å². The number of nitrogens with one attached hydrogen (secondary N) is 2. The Kier molecular flexibility index (Phi) is 6.70. The molecule has 0 spiro atoms. The number of carbonyl (C=O) groups excluding carboxylic acids is 1. The van der Waals surface area contributed by atoms with Gasteiger partial charge >= 0.3 is 6.09 Å². The Balaban J connectivity index is 1.28. The van der Waals surface area contributed by atoms with E-state index in [1.54, 1.807) is 30.7 Å². The fourth-order valence-electron chi connectivity index (χ4n) is 5.44. The van der Waals surface area contributed by atoms with Crippen LogP contribution >= 0.6 is 0 Å². The third kappa shape index (κ3) is 4.90. The van der Waals surface area contributed by atoms with Crippen LogP contribution in [0, 0.1) is 17.6 Å². The zero-order chi connectivity index (χ0) is 28.0. The average Bonchev–Trinajstić information content (AvgIpc) is 3.72. The van der Waals surface area contributed by atoms with Crippen molar-refractivity contribution < 1.29 is 18.3 Å². The van der Waals surface area contributed by atoms with Crippen LogP contribution in [0.4, 0.5) is 30.9 Å². The normalized spacial score (nSPS) is 20.9. The first kappa shape index (κ1) is 25.9. The molecule has 1 aliphatic carbocycles. The summed E-state index contributed by atoms with van der Waals surface area (Å²) in [6.45, 7) is 3.13. The number of anilines is 3. The predicted octanol–water partition coefficient (Wildman–Crippen LogP) is 4.20. The van der Waals surface area contributed by atoms with Gasteiger partial charge in [-0.1, -0.05) is 6.92 Å². The van der Waals surface area contributed by atoms with Crippen LogP contribution in [0.15, 0.2) is 48.9 Å². The Morgan fingerprint density at radius 1 is 1.12 bits per heavy atom. The van der Waals surface area contributed by atoms with Gasteiger partial charge in [-0.2, -0.15) is 9.61 Å². The molecular weight excluding hydrogens is 518 g/mol. The molecule has 4 heterocycles. The van der Waals surface area contributed by atoms with Gasteiger partial charge in [-0.3, -0.25) is 4.98 Å². The maximum atomic E-state index is 15.0. The number of aromatic nitrogens is 4. The van der Waals surface area contributed by atoms with E-state index in [1.165, 1.54) is 23.8 Å². The molecule has 1 saturated heterocycles. The first-order chi connectivity index (χ1) is 19.3. The molecule has 0 radical (unpaired) electrons. The summed E-state index contributed by atoms with van der Waals surface area (Å²) in [7, 11) is 1.32. The molecule has 208 valence electrons. The molecule has 1 aliphatic heterocycles. The zero-order valence-electron chi connectivity index (χ0n) is 22.1. The monoisotopic (exact) mass is 548 g/mol. The minimum atomic E-state index is -0.631. The summed E-state index contributed by atoms with van der Waals surface area (Å²) < 4.78 is 36.3. The van der Waals surface area contributed by atoms with Crippen molar-refractivity contribution in [2.45, 2.75) is 37.8 Å².